The number of ether oxygens (including phenoxy) is 4. The number of carbonyl (C=O) groups is 1. The fourth-order valence-electron chi connectivity index (χ4n) is 3.46. The highest BCUT2D eigenvalue weighted by Gasteiger charge is 2.33. The SMILES string of the molecule is COc1cc(C(=O)C2COC(c3cc4ccccc4[nH]3)N2)cc(OC)c1OC. The van der Waals surface area contributed by atoms with Gasteiger partial charge in [0.1, 0.15) is 6.23 Å². The van der Waals surface area contributed by atoms with E-state index in [9.17, 15) is 4.79 Å². The van der Waals surface area contributed by atoms with Crippen LogP contribution in [0.2, 0.25) is 0 Å². The van der Waals surface area contributed by atoms with E-state index in [0.29, 0.717) is 22.8 Å². The van der Waals surface area contributed by atoms with Crippen molar-refractivity contribution in [1.29, 1.82) is 0 Å². The number of benzene rings is 2. The molecule has 1 fully saturated rings. The average molecular weight is 382 g/mol. The molecule has 3 aromatic rings. The van der Waals surface area contributed by atoms with Gasteiger partial charge in [-0.2, -0.15) is 0 Å². The van der Waals surface area contributed by atoms with Gasteiger partial charge in [-0.25, -0.2) is 0 Å². The lowest BCUT2D eigenvalue weighted by molar-refractivity contribution is 0.0900. The zero-order valence-electron chi connectivity index (χ0n) is 15.9. The smallest absolute Gasteiger partial charge is 0.203 e. The molecule has 1 aliphatic heterocycles. The molecule has 2 aromatic carbocycles. The minimum atomic E-state index is -0.473. The molecule has 0 aliphatic carbocycles. The van der Waals surface area contributed by atoms with Gasteiger partial charge in [0.2, 0.25) is 5.75 Å². The number of methoxy groups -OCH3 is 3. The van der Waals surface area contributed by atoms with Gasteiger partial charge in [-0.1, -0.05) is 18.2 Å². The van der Waals surface area contributed by atoms with E-state index in [-0.39, 0.29) is 18.6 Å². The van der Waals surface area contributed by atoms with E-state index in [1.165, 1.54) is 21.3 Å². The van der Waals surface area contributed by atoms with Gasteiger partial charge in [-0.3, -0.25) is 10.1 Å². The molecule has 2 N–H and O–H groups in total. The second kappa shape index (κ2) is 7.53. The van der Waals surface area contributed by atoms with Crippen molar-refractivity contribution in [3.05, 3.63) is 53.7 Å². The van der Waals surface area contributed by atoms with Crippen LogP contribution in [0.5, 0.6) is 17.2 Å². The summed E-state index contributed by atoms with van der Waals surface area (Å²) in [4.78, 5) is 16.4. The molecule has 2 unspecified atom stereocenters. The summed E-state index contributed by atoms with van der Waals surface area (Å²) in [5.41, 5.74) is 2.39. The van der Waals surface area contributed by atoms with Crippen LogP contribution in [-0.4, -0.2) is 44.7 Å². The Morgan fingerprint density at radius 1 is 1.04 bits per heavy atom. The van der Waals surface area contributed by atoms with Crippen molar-refractivity contribution in [2.75, 3.05) is 27.9 Å². The van der Waals surface area contributed by atoms with Gasteiger partial charge in [0, 0.05) is 11.1 Å². The van der Waals surface area contributed by atoms with Gasteiger partial charge in [0.25, 0.3) is 0 Å². The molecule has 1 saturated heterocycles. The number of H-pyrrole nitrogens is 1. The molecule has 0 amide bonds. The number of ketones is 1. The summed E-state index contributed by atoms with van der Waals surface area (Å²) in [5, 5.41) is 4.35. The summed E-state index contributed by atoms with van der Waals surface area (Å²) in [7, 11) is 4.57. The summed E-state index contributed by atoms with van der Waals surface area (Å²) in [6, 6.07) is 12.9. The van der Waals surface area contributed by atoms with Crippen LogP contribution in [-0.2, 0) is 4.74 Å². The number of para-hydroxylation sites is 1. The van der Waals surface area contributed by atoms with Crippen LogP contribution in [0, 0.1) is 0 Å². The van der Waals surface area contributed by atoms with Crippen molar-refractivity contribution in [1.82, 2.24) is 10.3 Å². The summed E-state index contributed by atoms with van der Waals surface area (Å²) >= 11 is 0. The van der Waals surface area contributed by atoms with Gasteiger partial charge >= 0.3 is 0 Å². The highest BCUT2D eigenvalue weighted by atomic mass is 16.5. The Labute approximate surface area is 162 Å². The van der Waals surface area contributed by atoms with Gasteiger partial charge in [-0.05, 0) is 29.7 Å². The maximum Gasteiger partial charge on any atom is 0.203 e. The van der Waals surface area contributed by atoms with E-state index in [2.05, 4.69) is 10.3 Å². The normalized spacial score (nSPS) is 19.0. The molecule has 7 heteroatoms. The first-order valence-corrected chi connectivity index (χ1v) is 8.94. The van der Waals surface area contributed by atoms with Crippen molar-refractivity contribution < 1.29 is 23.7 Å². The maximum atomic E-state index is 13.0. The molecule has 2 heterocycles. The van der Waals surface area contributed by atoms with Crippen molar-refractivity contribution >= 4 is 16.7 Å². The zero-order chi connectivity index (χ0) is 19.7. The standard InChI is InChI=1S/C21H22N2O5/c1-25-17-9-13(10-18(26-2)20(17)27-3)19(24)16-11-28-21(23-16)15-8-12-6-4-5-7-14(12)22-15/h4-10,16,21-23H,11H2,1-3H3. The number of aromatic amines is 1. The molecule has 28 heavy (non-hydrogen) atoms. The number of hydrogen-bond donors (Lipinski definition) is 2. The van der Waals surface area contributed by atoms with Crippen LogP contribution >= 0.6 is 0 Å². The van der Waals surface area contributed by atoms with Crippen molar-refractivity contribution in [3.63, 3.8) is 0 Å². The second-order valence-corrected chi connectivity index (χ2v) is 6.52. The van der Waals surface area contributed by atoms with Gasteiger partial charge in [-0.15, -0.1) is 0 Å². The number of rotatable bonds is 6. The Balaban J connectivity index is 1.56. The largest absolute Gasteiger partial charge is 0.493 e. The lowest BCUT2D eigenvalue weighted by atomic mass is 10.0. The van der Waals surface area contributed by atoms with Gasteiger partial charge in [0.15, 0.2) is 17.3 Å². The summed E-state index contributed by atoms with van der Waals surface area (Å²) < 4.78 is 21.8. The zero-order valence-corrected chi connectivity index (χ0v) is 15.9. The molecular formula is C21H22N2O5. The lowest BCUT2D eigenvalue weighted by Crippen LogP contribution is -2.34. The molecule has 0 bridgehead atoms. The number of hydrogen-bond acceptors (Lipinski definition) is 6. The monoisotopic (exact) mass is 382 g/mol. The second-order valence-electron chi connectivity index (χ2n) is 6.52. The topological polar surface area (TPSA) is 81.8 Å². The number of fused-ring (bicyclic) bond motifs is 1. The van der Waals surface area contributed by atoms with E-state index < -0.39 is 6.04 Å². The van der Waals surface area contributed by atoms with Crippen LogP contribution in [0.1, 0.15) is 22.3 Å². The minimum absolute atomic E-state index is 0.0992. The third-order valence-corrected chi connectivity index (χ3v) is 4.88. The van der Waals surface area contributed by atoms with E-state index in [1.54, 1.807) is 12.1 Å². The number of Topliss-reactive ketones (excluding diaryl/α,β-unsaturated/α-hetero) is 1. The molecule has 146 valence electrons. The van der Waals surface area contributed by atoms with E-state index in [1.807, 2.05) is 30.3 Å². The fourth-order valence-corrected chi connectivity index (χ4v) is 3.46. The Morgan fingerprint density at radius 3 is 2.39 bits per heavy atom. The first-order chi connectivity index (χ1) is 13.6. The Bertz CT molecular complexity index is 955. The quantitative estimate of drug-likeness (QED) is 0.638. The van der Waals surface area contributed by atoms with E-state index in [4.69, 9.17) is 18.9 Å². The van der Waals surface area contributed by atoms with Crippen molar-refractivity contribution in [2.45, 2.75) is 12.3 Å². The summed E-state index contributed by atoms with van der Waals surface area (Å²) in [6.07, 6.45) is -0.372. The molecule has 0 radical (unpaired) electrons. The molecule has 2 atom stereocenters. The van der Waals surface area contributed by atoms with Gasteiger partial charge in [0.05, 0.1) is 39.7 Å². The first kappa shape index (κ1) is 18.3. The average Bonchev–Trinajstić information content (AvgIpc) is 3.38. The van der Waals surface area contributed by atoms with Crippen LogP contribution in [0.3, 0.4) is 0 Å². The van der Waals surface area contributed by atoms with Gasteiger partial charge < -0.3 is 23.9 Å². The number of carbonyl (C=O) groups excluding carboxylic acids is 1. The van der Waals surface area contributed by atoms with Crippen molar-refractivity contribution in [3.8, 4) is 17.2 Å². The van der Waals surface area contributed by atoms with Crippen molar-refractivity contribution in [2.24, 2.45) is 0 Å². The molecule has 0 saturated carbocycles. The molecule has 0 spiro atoms. The van der Waals surface area contributed by atoms with Crippen LogP contribution in [0.15, 0.2) is 42.5 Å². The highest BCUT2D eigenvalue weighted by molar-refractivity contribution is 6.01. The third-order valence-electron chi connectivity index (χ3n) is 4.88. The Kier molecular flexibility index (Phi) is 4.93. The minimum Gasteiger partial charge on any atom is -0.493 e. The predicted molar refractivity (Wildman–Crippen MR) is 104 cm³/mol. The number of nitrogens with one attached hydrogen (secondary N) is 2. The van der Waals surface area contributed by atoms with E-state index in [0.717, 1.165) is 16.6 Å². The first-order valence-electron chi connectivity index (χ1n) is 8.94. The van der Waals surface area contributed by atoms with Crippen LogP contribution < -0.4 is 19.5 Å². The predicted octanol–water partition coefficient (Wildman–Crippen LogP) is 3.06. The number of aromatic nitrogens is 1. The Hall–Kier alpha value is -3.03. The molecule has 1 aliphatic rings. The van der Waals surface area contributed by atoms with Crippen LogP contribution in [0.4, 0.5) is 0 Å². The third kappa shape index (κ3) is 3.19. The maximum absolute atomic E-state index is 13.0. The fraction of sp³-hybridized carbons (Fsp3) is 0.286. The molecule has 7 nitrogen and oxygen atoms in total. The molecule has 1 aromatic heterocycles. The lowest BCUT2D eigenvalue weighted by Gasteiger charge is -2.15. The van der Waals surface area contributed by atoms with E-state index >= 15 is 0 Å². The highest BCUT2D eigenvalue weighted by Crippen LogP contribution is 2.38. The molecular weight excluding hydrogens is 360 g/mol. The Morgan fingerprint density at radius 2 is 1.75 bits per heavy atom. The molecule has 4 rings (SSSR count). The summed E-state index contributed by atoms with van der Waals surface area (Å²) in [5.74, 6) is 1.23. The van der Waals surface area contributed by atoms with Crippen LogP contribution in [0.25, 0.3) is 10.9 Å². The summed E-state index contributed by atoms with van der Waals surface area (Å²) in [6.45, 7) is 0.273.